The molecule has 9 heteroatoms. The maximum atomic E-state index is 12.8. The number of likely N-dealkylation sites (N-methyl/N-ethyl adjacent to an activating group) is 2. The molecule has 0 aliphatic carbocycles. The number of carbonyl (C=O) groups is 3. The monoisotopic (exact) mass is 396 g/mol. The standard InChI is InChI=1S/C20H20N4O5/c1-21-18(25)17(19(26)22-23-28)24(2)20(27)13-5-3-12(4-6-13)14-7-8-16-15(11-14)9-10-29-16/h3-8,11,17H,9-10H2,1-2H3,(H,21,25)(H,22,26,28). The molecular weight excluding hydrogens is 376 g/mol. The molecule has 2 N–H and O–H groups in total. The number of hydrogen-bond donors (Lipinski definition) is 2. The number of nitrogens with one attached hydrogen (secondary N) is 2. The molecule has 0 saturated heterocycles. The van der Waals surface area contributed by atoms with E-state index in [-0.39, 0.29) is 0 Å². The second-order valence-electron chi connectivity index (χ2n) is 6.50. The Balaban J connectivity index is 1.81. The average molecular weight is 396 g/mol. The van der Waals surface area contributed by atoms with Gasteiger partial charge >= 0.3 is 0 Å². The molecule has 1 heterocycles. The summed E-state index contributed by atoms with van der Waals surface area (Å²) in [6.07, 6.45) is 0.864. The predicted octanol–water partition coefficient (Wildman–Crippen LogP) is 1.27. The lowest BCUT2D eigenvalue weighted by atomic mass is 10.0. The normalized spacial score (nSPS) is 12.9. The molecule has 2 aromatic carbocycles. The average Bonchev–Trinajstić information content (AvgIpc) is 3.21. The van der Waals surface area contributed by atoms with Crippen LogP contribution in [0.1, 0.15) is 15.9 Å². The van der Waals surface area contributed by atoms with Gasteiger partial charge in [0.25, 0.3) is 17.7 Å². The van der Waals surface area contributed by atoms with Gasteiger partial charge in [0.1, 0.15) is 5.75 Å². The van der Waals surface area contributed by atoms with Crippen molar-refractivity contribution in [3.63, 3.8) is 0 Å². The molecular formula is C20H20N4O5. The number of hydrogen-bond acceptors (Lipinski definition) is 6. The first-order valence-corrected chi connectivity index (χ1v) is 8.93. The zero-order valence-corrected chi connectivity index (χ0v) is 16.0. The van der Waals surface area contributed by atoms with Crippen LogP contribution in [-0.2, 0) is 16.0 Å². The minimum Gasteiger partial charge on any atom is -0.493 e. The van der Waals surface area contributed by atoms with E-state index in [1.807, 2.05) is 12.1 Å². The summed E-state index contributed by atoms with van der Waals surface area (Å²) in [5, 5.41) is 4.58. The third-order valence-electron chi connectivity index (χ3n) is 4.76. The van der Waals surface area contributed by atoms with Crippen molar-refractivity contribution >= 4 is 17.7 Å². The van der Waals surface area contributed by atoms with Crippen molar-refractivity contribution in [3.8, 4) is 16.9 Å². The van der Waals surface area contributed by atoms with Crippen molar-refractivity contribution in [3.05, 3.63) is 58.5 Å². The van der Waals surface area contributed by atoms with E-state index in [1.54, 1.807) is 29.7 Å². The van der Waals surface area contributed by atoms with Gasteiger partial charge in [-0.25, -0.2) is 5.43 Å². The molecule has 0 saturated carbocycles. The summed E-state index contributed by atoms with van der Waals surface area (Å²) in [5.74, 6) is -1.38. The van der Waals surface area contributed by atoms with Gasteiger partial charge in [0.15, 0.2) is 6.04 Å². The van der Waals surface area contributed by atoms with E-state index < -0.39 is 23.8 Å². The highest BCUT2D eigenvalue weighted by atomic mass is 16.5. The zero-order chi connectivity index (χ0) is 21.0. The van der Waals surface area contributed by atoms with E-state index in [1.165, 1.54) is 14.1 Å². The van der Waals surface area contributed by atoms with Crippen LogP contribution in [0.4, 0.5) is 0 Å². The molecule has 1 aliphatic rings. The molecule has 2 aromatic rings. The SMILES string of the molecule is CNC(=O)C(C(=O)NN=O)N(C)C(=O)c1ccc(-c2ccc3c(c2)CCO3)cc1. The van der Waals surface area contributed by atoms with Crippen molar-refractivity contribution in [2.45, 2.75) is 12.5 Å². The van der Waals surface area contributed by atoms with Crippen molar-refractivity contribution in [1.29, 1.82) is 0 Å². The Hall–Kier alpha value is -3.75. The summed E-state index contributed by atoms with van der Waals surface area (Å²) in [4.78, 5) is 48.0. The van der Waals surface area contributed by atoms with Gasteiger partial charge in [0.2, 0.25) is 0 Å². The Morgan fingerprint density at radius 3 is 2.41 bits per heavy atom. The minimum atomic E-state index is -1.53. The van der Waals surface area contributed by atoms with E-state index in [9.17, 15) is 19.3 Å². The van der Waals surface area contributed by atoms with E-state index in [0.717, 1.165) is 33.8 Å². The summed E-state index contributed by atoms with van der Waals surface area (Å²) >= 11 is 0. The molecule has 0 radical (unpaired) electrons. The van der Waals surface area contributed by atoms with Crippen LogP contribution in [0.2, 0.25) is 0 Å². The Kier molecular flexibility index (Phi) is 5.87. The third kappa shape index (κ3) is 4.08. The predicted molar refractivity (Wildman–Crippen MR) is 105 cm³/mol. The maximum absolute atomic E-state index is 12.8. The van der Waals surface area contributed by atoms with E-state index in [0.29, 0.717) is 12.2 Å². The number of benzene rings is 2. The lowest BCUT2D eigenvalue weighted by Crippen LogP contribution is -2.54. The topological polar surface area (TPSA) is 117 Å². The first kappa shape index (κ1) is 20.0. The summed E-state index contributed by atoms with van der Waals surface area (Å²) in [6.45, 7) is 0.679. The van der Waals surface area contributed by atoms with E-state index >= 15 is 0 Å². The van der Waals surface area contributed by atoms with Gasteiger partial charge in [0.05, 0.1) is 11.9 Å². The maximum Gasteiger partial charge on any atom is 0.275 e. The summed E-state index contributed by atoms with van der Waals surface area (Å²) < 4.78 is 5.51. The molecule has 3 amide bonds. The quantitative estimate of drug-likeness (QED) is 0.433. The van der Waals surface area contributed by atoms with Crippen LogP contribution >= 0.6 is 0 Å². The van der Waals surface area contributed by atoms with Gasteiger partial charge in [0, 0.05) is 26.1 Å². The summed E-state index contributed by atoms with van der Waals surface area (Å²) in [7, 11) is 2.63. The number of fused-ring (bicyclic) bond motifs is 1. The smallest absolute Gasteiger partial charge is 0.275 e. The van der Waals surface area contributed by atoms with Crippen LogP contribution in [0.3, 0.4) is 0 Å². The molecule has 1 unspecified atom stereocenters. The second-order valence-corrected chi connectivity index (χ2v) is 6.50. The third-order valence-corrected chi connectivity index (χ3v) is 4.76. The Labute approximate surface area is 167 Å². The van der Waals surface area contributed by atoms with Crippen LogP contribution in [0.5, 0.6) is 5.75 Å². The molecule has 0 aromatic heterocycles. The van der Waals surface area contributed by atoms with Crippen LogP contribution in [0.15, 0.2) is 47.8 Å². The van der Waals surface area contributed by atoms with Crippen LogP contribution < -0.4 is 15.5 Å². The van der Waals surface area contributed by atoms with Crippen LogP contribution in [0.25, 0.3) is 11.1 Å². The Morgan fingerprint density at radius 2 is 1.76 bits per heavy atom. The highest BCUT2D eigenvalue weighted by Gasteiger charge is 2.33. The Morgan fingerprint density at radius 1 is 1.07 bits per heavy atom. The highest BCUT2D eigenvalue weighted by Crippen LogP contribution is 2.30. The molecule has 0 fully saturated rings. The van der Waals surface area contributed by atoms with Gasteiger partial charge in [-0.1, -0.05) is 18.2 Å². The van der Waals surface area contributed by atoms with Crippen LogP contribution in [0, 0.1) is 4.91 Å². The van der Waals surface area contributed by atoms with Gasteiger partial charge in [-0.3, -0.25) is 14.4 Å². The van der Waals surface area contributed by atoms with Crippen LogP contribution in [-0.4, -0.2) is 49.4 Å². The summed E-state index contributed by atoms with van der Waals surface area (Å²) in [5.41, 5.74) is 5.02. The number of amides is 3. The van der Waals surface area contributed by atoms with Crippen molar-refractivity contribution in [2.75, 3.05) is 20.7 Å². The Bertz CT molecular complexity index is 958. The summed E-state index contributed by atoms with van der Waals surface area (Å²) in [6, 6.07) is 11.2. The van der Waals surface area contributed by atoms with Crippen molar-refractivity contribution in [1.82, 2.24) is 15.6 Å². The molecule has 0 bridgehead atoms. The second kappa shape index (κ2) is 8.51. The van der Waals surface area contributed by atoms with Gasteiger partial charge < -0.3 is 15.0 Å². The first-order valence-electron chi connectivity index (χ1n) is 8.93. The zero-order valence-electron chi connectivity index (χ0n) is 16.0. The fraction of sp³-hybridized carbons (Fsp3) is 0.250. The van der Waals surface area contributed by atoms with E-state index in [4.69, 9.17) is 4.74 Å². The number of nitroso groups, excluding NO2 is 1. The largest absolute Gasteiger partial charge is 0.493 e. The molecule has 0 spiro atoms. The first-order chi connectivity index (χ1) is 14.0. The minimum absolute atomic E-state index is 0.293. The molecule has 1 atom stereocenters. The van der Waals surface area contributed by atoms with Gasteiger partial charge in [-0.15, -0.1) is 4.91 Å². The molecule has 1 aliphatic heterocycles. The number of carbonyl (C=O) groups excluding carboxylic acids is 3. The molecule has 29 heavy (non-hydrogen) atoms. The highest BCUT2D eigenvalue weighted by molar-refractivity contribution is 6.08. The lowest BCUT2D eigenvalue weighted by molar-refractivity contribution is -0.135. The fourth-order valence-corrected chi connectivity index (χ4v) is 3.21. The van der Waals surface area contributed by atoms with Gasteiger partial charge in [-0.05, 0) is 41.0 Å². The van der Waals surface area contributed by atoms with Crippen molar-refractivity contribution in [2.24, 2.45) is 5.29 Å². The number of rotatable bonds is 6. The van der Waals surface area contributed by atoms with Crippen molar-refractivity contribution < 1.29 is 19.1 Å². The molecule has 150 valence electrons. The number of nitrogens with zero attached hydrogens (tertiary/aromatic N) is 2. The van der Waals surface area contributed by atoms with Gasteiger partial charge in [-0.2, -0.15) is 0 Å². The molecule has 3 rings (SSSR count). The lowest BCUT2D eigenvalue weighted by Gasteiger charge is -2.24. The van der Waals surface area contributed by atoms with E-state index in [2.05, 4.69) is 16.7 Å². The molecule has 9 nitrogen and oxygen atoms in total. The fourth-order valence-electron chi connectivity index (χ4n) is 3.21. The number of ether oxygens (including phenoxy) is 1.